The second-order valence-electron chi connectivity index (χ2n) is 6.03. The van der Waals surface area contributed by atoms with Crippen molar-refractivity contribution in [3.05, 3.63) is 72.4 Å². The minimum Gasteiger partial charge on any atom is -0.329 e. The third kappa shape index (κ3) is 3.71. The lowest BCUT2D eigenvalue weighted by Crippen LogP contribution is -2.12. The fourth-order valence-electron chi connectivity index (χ4n) is 2.46. The zero-order chi connectivity index (χ0) is 16.9. The van der Waals surface area contributed by atoms with Crippen LogP contribution < -0.4 is 10.2 Å². The monoisotopic (exact) mass is 318 g/mol. The van der Waals surface area contributed by atoms with E-state index in [1.54, 1.807) is 6.20 Å². The van der Waals surface area contributed by atoms with Gasteiger partial charge < -0.3 is 10.2 Å². The molecule has 4 heteroatoms. The standard InChI is InChI=1S/C20H22N4/c1-15(2)16-9-11-17(12-10-16)22-20-21-14-13-19(23-20)24(3)18-7-5-4-6-8-18/h4-15H,1-3H3,(H,21,22,23). The summed E-state index contributed by atoms with van der Waals surface area (Å²) in [7, 11) is 2.00. The van der Waals surface area contributed by atoms with Crippen molar-refractivity contribution in [2.45, 2.75) is 19.8 Å². The van der Waals surface area contributed by atoms with Crippen molar-refractivity contribution in [2.75, 3.05) is 17.3 Å². The first kappa shape index (κ1) is 16.0. The van der Waals surface area contributed by atoms with Crippen molar-refractivity contribution in [3.63, 3.8) is 0 Å². The maximum absolute atomic E-state index is 4.61. The zero-order valence-corrected chi connectivity index (χ0v) is 14.3. The van der Waals surface area contributed by atoms with Crippen molar-refractivity contribution in [1.29, 1.82) is 0 Å². The Hall–Kier alpha value is -2.88. The molecule has 0 saturated carbocycles. The average Bonchev–Trinajstić information content (AvgIpc) is 2.62. The lowest BCUT2D eigenvalue weighted by atomic mass is 10.0. The van der Waals surface area contributed by atoms with E-state index in [0.717, 1.165) is 17.2 Å². The summed E-state index contributed by atoms with van der Waals surface area (Å²) in [6.45, 7) is 4.38. The highest BCUT2D eigenvalue weighted by Gasteiger charge is 2.07. The van der Waals surface area contributed by atoms with Crippen LogP contribution in [0.5, 0.6) is 0 Å². The van der Waals surface area contributed by atoms with Crippen LogP contribution in [0.25, 0.3) is 0 Å². The van der Waals surface area contributed by atoms with Crippen molar-refractivity contribution >= 4 is 23.1 Å². The summed E-state index contributed by atoms with van der Waals surface area (Å²) < 4.78 is 0. The Morgan fingerprint density at radius 2 is 1.62 bits per heavy atom. The fraction of sp³-hybridized carbons (Fsp3) is 0.200. The van der Waals surface area contributed by atoms with Crippen LogP contribution in [0, 0.1) is 0 Å². The van der Waals surface area contributed by atoms with E-state index in [-0.39, 0.29) is 0 Å². The average molecular weight is 318 g/mol. The molecular formula is C20H22N4. The number of rotatable bonds is 5. The van der Waals surface area contributed by atoms with Crippen LogP contribution in [0.1, 0.15) is 25.3 Å². The number of benzene rings is 2. The van der Waals surface area contributed by atoms with Crippen molar-refractivity contribution in [3.8, 4) is 0 Å². The highest BCUT2D eigenvalue weighted by atomic mass is 15.2. The van der Waals surface area contributed by atoms with Gasteiger partial charge in [-0.25, -0.2) is 4.98 Å². The molecule has 0 saturated heterocycles. The minimum absolute atomic E-state index is 0.526. The molecule has 0 aliphatic rings. The fourth-order valence-corrected chi connectivity index (χ4v) is 2.46. The first-order valence-electron chi connectivity index (χ1n) is 8.12. The predicted molar refractivity (Wildman–Crippen MR) is 100 cm³/mol. The van der Waals surface area contributed by atoms with Gasteiger partial charge in [-0.15, -0.1) is 0 Å². The van der Waals surface area contributed by atoms with Crippen LogP contribution in [0.3, 0.4) is 0 Å². The summed E-state index contributed by atoms with van der Waals surface area (Å²) in [4.78, 5) is 11.0. The molecule has 0 unspecified atom stereocenters. The molecule has 1 N–H and O–H groups in total. The first-order chi connectivity index (χ1) is 11.6. The molecular weight excluding hydrogens is 296 g/mol. The predicted octanol–water partition coefficient (Wildman–Crippen LogP) is 5.11. The summed E-state index contributed by atoms with van der Waals surface area (Å²) in [5.41, 5.74) is 3.39. The van der Waals surface area contributed by atoms with Gasteiger partial charge in [-0.2, -0.15) is 4.98 Å². The Bertz CT molecular complexity index is 782. The molecule has 0 amide bonds. The van der Waals surface area contributed by atoms with E-state index >= 15 is 0 Å². The number of para-hydroxylation sites is 1. The smallest absolute Gasteiger partial charge is 0.229 e. The lowest BCUT2D eigenvalue weighted by molar-refractivity contribution is 0.867. The van der Waals surface area contributed by atoms with Crippen molar-refractivity contribution in [1.82, 2.24) is 9.97 Å². The van der Waals surface area contributed by atoms with E-state index in [1.807, 2.05) is 36.2 Å². The minimum atomic E-state index is 0.526. The highest BCUT2D eigenvalue weighted by molar-refractivity contribution is 5.61. The highest BCUT2D eigenvalue weighted by Crippen LogP contribution is 2.23. The molecule has 1 aromatic heterocycles. The second kappa shape index (κ2) is 7.13. The third-order valence-corrected chi connectivity index (χ3v) is 3.96. The van der Waals surface area contributed by atoms with Crippen LogP contribution >= 0.6 is 0 Å². The summed E-state index contributed by atoms with van der Waals surface area (Å²) in [5, 5.41) is 3.27. The van der Waals surface area contributed by atoms with Gasteiger partial charge in [0.1, 0.15) is 5.82 Å². The van der Waals surface area contributed by atoms with E-state index < -0.39 is 0 Å². The summed E-state index contributed by atoms with van der Waals surface area (Å²) in [6.07, 6.45) is 1.77. The molecule has 3 aromatic rings. The molecule has 0 radical (unpaired) electrons. The molecule has 2 aromatic carbocycles. The van der Waals surface area contributed by atoms with Crippen LogP contribution in [-0.2, 0) is 0 Å². The topological polar surface area (TPSA) is 41.1 Å². The Kier molecular flexibility index (Phi) is 4.75. The van der Waals surface area contributed by atoms with Crippen LogP contribution in [-0.4, -0.2) is 17.0 Å². The van der Waals surface area contributed by atoms with Gasteiger partial charge >= 0.3 is 0 Å². The van der Waals surface area contributed by atoms with Crippen LogP contribution in [0.4, 0.5) is 23.1 Å². The normalized spacial score (nSPS) is 10.7. The quantitative estimate of drug-likeness (QED) is 0.709. The van der Waals surface area contributed by atoms with E-state index in [4.69, 9.17) is 0 Å². The number of nitrogens with one attached hydrogen (secondary N) is 1. The van der Waals surface area contributed by atoms with Gasteiger partial charge in [0.15, 0.2) is 0 Å². The largest absolute Gasteiger partial charge is 0.329 e. The molecule has 122 valence electrons. The first-order valence-corrected chi connectivity index (χ1v) is 8.12. The summed E-state index contributed by atoms with van der Waals surface area (Å²) >= 11 is 0. The van der Waals surface area contributed by atoms with Gasteiger partial charge in [0, 0.05) is 24.6 Å². The molecule has 0 aliphatic heterocycles. The molecule has 0 spiro atoms. The number of hydrogen-bond acceptors (Lipinski definition) is 4. The molecule has 0 aliphatic carbocycles. The number of hydrogen-bond donors (Lipinski definition) is 1. The van der Waals surface area contributed by atoms with Crippen molar-refractivity contribution in [2.24, 2.45) is 0 Å². The Labute approximate surface area is 143 Å². The van der Waals surface area contributed by atoms with Crippen LogP contribution in [0.15, 0.2) is 66.9 Å². The number of anilines is 4. The summed E-state index contributed by atoms with van der Waals surface area (Å²) in [5.74, 6) is 1.96. The molecule has 1 heterocycles. The van der Waals surface area contributed by atoms with E-state index in [0.29, 0.717) is 11.9 Å². The zero-order valence-electron chi connectivity index (χ0n) is 14.3. The van der Waals surface area contributed by atoms with E-state index in [2.05, 4.69) is 65.5 Å². The molecule has 0 atom stereocenters. The molecule has 0 bridgehead atoms. The maximum atomic E-state index is 4.61. The lowest BCUT2D eigenvalue weighted by Gasteiger charge is -2.18. The third-order valence-electron chi connectivity index (χ3n) is 3.96. The second-order valence-corrected chi connectivity index (χ2v) is 6.03. The van der Waals surface area contributed by atoms with E-state index in [1.165, 1.54) is 5.56 Å². The molecule has 4 nitrogen and oxygen atoms in total. The summed E-state index contributed by atoms with van der Waals surface area (Å²) in [6, 6.07) is 20.4. The SMILES string of the molecule is CC(C)c1ccc(Nc2nccc(N(C)c3ccccc3)n2)cc1. The Balaban J connectivity index is 1.78. The maximum Gasteiger partial charge on any atom is 0.229 e. The Morgan fingerprint density at radius 3 is 2.29 bits per heavy atom. The van der Waals surface area contributed by atoms with Gasteiger partial charge in [0.05, 0.1) is 0 Å². The number of aromatic nitrogens is 2. The van der Waals surface area contributed by atoms with Gasteiger partial charge in [-0.1, -0.05) is 44.2 Å². The van der Waals surface area contributed by atoms with Crippen LogP contribution in [0.2, 0.25) is 0 Å². The van der Waals surface area contributed by atoms with Gasteiger partial charge in [0.25, 0.3) is 0 Å². The van der Waals surface area contributed by atoms with Gasteiger partial charge in [-0.3, -0.25) is 0 Å². The van der Waals surface area contributed by atoms with Gasteiger partial charge in [0.2, 0.25) is 5.95 Å². The molecule has 0 fully saturated rings. The Morgan fingerprint density at radius 1 is 0.917 bits per heavy atom. The molecule has 24 heavy (non-hydrogen) atoms. The molecule has 3 rings (SSSR count). The van der Waals surface area contributed by atoms with E-state index in [9.17, 15) is 0 Å². The number of nitrogens with zero attached hydrogens (tertiary/aromatic N) is 3. The van der Waals surface area contributed by atoms with Crippen molar-refractivity contribution < 1.29 is 0 Å². The van der Waals surface area contributed by atoms with Gasteiger partial charge in [-0.05, 0) is 41.8 Å².